The van der Waals surface area contributed by atoms with Gasteiger partial charge in [0.2, 0.25) is 0 Å². The van der Waals surface area contributed by atoms with Gasteiger partial charge < -0.3 is 10.4 Å². The number of hydrogen-bond acceptors (Lipinski definition) is 3. The summed E-state index contributed by atoms with van der Waals surface area (Å²) in [4.78, 5) is 2.52. The average Bonchev–Trinajstić information content (AvgIpc) is 2.44. The molecule has 0 amide bonds. The Morgan fingerprint density at radius 1 is 1.25 bits per heavy atom. The average molecular weight is 276 g/mol. The quantitative estimate of drug-likeness (QED) is 0.885. The van der Waals surface area contributed by atoms with Crippen LogP contribution in [0.4, 0.5) is 0 Å². The third-order valence-corrected chi connectivity index (χ3v) is 4.39. The van der Waals surface area contributed by atoms with Gasteiger partial charge in [0.15, 0.2) is 0 Å². The van der Waals surface area contributed by atoms with Crippen molar-refractivity contribution in [2.45, 2.75) is 33.7 Å². The van der Waals surface area contributed by atoms with Crippen LogP contribution < -0.4 is 5.32 Å². The first-order valence-electron chi connectivity index (χ1n) is 7.58. The highest BCUT2D eigenvalue weighted by Gasteiger charge is 2.36. The van der Waals surface area contributed by atoms with Crippen molar-refractivity contribution in [3.63, 3.8) is 0 Å². The van der Waals surface area contributed by atoms with Crippen LogP contribution in [-0.4, -0.2) is 42.8 Å². The van der Waals surface area contributed by atoms with Crippen molar-refractivity contribution < 1.29 is 5.11 Å². The second kappa shape index (κ2) is 6.25. The zero-order valence-corrected chi connectivity index (χ0v) is 13.2. The molecule has 1 atom stereocenters. The topological polar surface area (TPSA) is 35.5 Å². The highest BCUT2D eigenvalue weighted by Crippen LogP contribution is 2.39. The van der Waals surface area contributed by atoms with E-state index in [1.165, 1.54) is 16.7 Å². The summed E-state index contributed by atoms with van der Waals surface area (Å²) in [6.45, 7) is 13.0. The van der Waals surface area contributed by atoms with Crippen LogP contribution >= 0.6 is 0 Å². The van der Waals surface area contributed by atoms with E-state index in [0.29, 0.717) is 0 Å². The van der Waals surface area contributed by atoms with E-state index in [9.17, 15) is 5.11 Å². The van der Waals surface area contributed by atoms with Gasteiger partial charge in [-0.3, -0.25) is 4.90 Å². The predicted octanol–water partition coefficient (Wildman–Crippen LogP) is 2.27. The first-order chi connectivity index (χ1) is 9.45. The van der Waals surface area contributed by atoms with E-state index in [1.54, 1.807) is 0 Å². The van der Waals surface area contributed by atoms with E-state index in [-0.39, 0.29) is 18.1 Å². The van der Waals surface area contributed by atoms with Crippen LogP contribution in [0.5, 0.6) is 0 Å². The van der Waals surface area contributed by atoms with E-state index in [0.717, 1.165) is 26.2 Å². The van der Waals surface area contributed by atoms with Gasteiger partial charge in [0.05, 0.1) is 0 Å². The number of aliphatic hydroxyl groups excluding tert-OH is 1. The molecule has 112 valence electrons. The minimum atomic E-state index is -0.143. The first-order valence-corrected chi connectivity index (χ1v) is 7.58. The van der Waals surface area contributed by atoms with Crippen molar-refractivity contribution in [1.82, 2.24) is 10.2 Å². The van der Waals surface area contributed by atoms with Gasteiger partial charge in [0.25, 0.3) is 0 Å². The van der Waals surface area contributed by atoms with Crippen LogP contribution in [0.2, 0.25) is 0 Å². The van der Waals surface area contributed by atoms with Crippen LogP contribution in [0.3, 0.4) is 0 Å². The number of hydrogen-bond donors (Lipinski definition) is 2. The third-order valence-electron chi connectivity index (χ3n) is 4.39. The minimum absolute atomic E-state index is 0.143. The molecule has 1 aliphatic heterocycles. The van der Waals surface area contributed by atoms with Crippen molar-refractivity contribution in [3.8, 4) is 0 Å². The van der Waals surface area contributed by atoms with Gasteiger partial charge in [-0.25, -0.2) is 0 Å². The van der Waals surface area contributed by atoms with Crippen molar-refractivity contribution in [2.24, 2.45) is 5.41 Å². The molecule has 1 aliphatic rings. The number of nitrogens with one attached hydrogen (secondary N) is 1. The van der Waals surface area contributed by atoms with Crippen molar-refractivity contribution in [1.29, 1.82) is 0 Å². The smallest absolute Gasteiger partial charge is 0.0500 e. The van der Waals surface area contributed by atoms with Gasteiger partial charge in [-0.2, -0.15) is 0 Å². The van der Waals surface area contributed by atoms with Gasteiger partial charge in [-0.15, -0.1) is 0 Å². The summed E-state index contributed by atoms with van der Waals surface area (Å²) in [7, 11) is 0. The molecule has 0 aliphatic carbocycles. The maximum absolute atomic E-state index is 9.87. The molecular weight excluding hydrogens is 248 g/mol. The van der Waals surface area contributed by atoms with Crippen molar-refractivity contribution in [2.75, 3.05) is 32.8 Å². The lowest BCUT2D eigenvalue weighted by molar-refractivity contribution is 0.0302. The molecule has 3 heteroatoms. The number of nitrogens with zero attached hydrogens (tertiary/aromatic N) is 1. The summed E-state index contributed by atoms with van der Waals surface area (Å²) >= 11 is 0. The van der Waals surface area contributed by atoms with Crippen LogP contribution in [0, 0.1) is 19.3 Å². The van der Waals surface area contributed by atoms with E-state index in [1.807, 2.05) is 0 Å². The predicted molar refractivity (Wildman–Crippen MR) is 84.0 cm³/mol. The number of rotatable bonds is 4. The molecule has 0 saturated carbocycles. The second-order valence-electron chi connectivity index (χ2n) is 6.70. The Morgan fingerprint density at radius 2 is 1.90 bits per heavy atom. The summed E-state index contributed by atoms with van der Waals surface area (Å²) in [5.41, 5.74) is 3.83. The lowest BCUT2D eigenvalue weighted by atomic mass is 9.78. The Hall–Kier alpha value is -0.900. The van der Waals surface area contributed by atoms with Crippen molar-refractivity contribution >= 4 is 0 Å². The summed E-state index contributed by atoms with van der Waals surface area (Å²) in [5, 5.41) is 13.3. The Labute approximate surface area is 123 Å². The number of aliphatic hydroxyl groups is 1. The van der Waals surface area contributed by atoms with E-state index >= 15 is 0 Å². The monoisotopic (exact) mass is 276 g/mol. The maximum atomic E-state index is 9.87. The van der Waals surface area contributed by atoms with Crippen LogP contribution in [0.15, 0.2) is 18.2 Å². The number of benzene rings is 1. The molecule has 0 aromatic heterocycles. The highest BCUT2D eigenvalue weighted by molar-refractivity contribution is 5.34. The fourth-order valence-electron chi connectivity index (χ4n) is 3.19. The molecule has 20 heavy (non-hydrogen) atoms. The first kappa shape index (κ1) is 15.5. The molecule has 0 radical (unpaired) electrons. The molecule has 3 nitrogen and oxygen atoms in total. The zero-order chi connectivity index (χ0) is 14.8. The van der Waals surface area contributed by atoms with Crippen molar-refractivity contribution in [3.05, 3.63) is 34.9 Å². The lowest BCUT2D eigenvalue weighted by Gasteiger charge is -2.44. The molecule has 1 saturated heterocycles. The largest absolute Gasteiger partial charge is 0.396 e. The SMILES string of the molecule is Cc1ccc(C)c([C@H](N2CCNCC2)C(C)(C)CO)c1. The summed E-state index contributed by atoms with van der Waals surface area (Å²) in [5.74, 6) is 0. The van der Waals surface area contributed by atoms with Crippen LogP contribution in [0.1, 0.15) is 36.6 Å². The summed E-state index contributed by atoms with van der Waals surface area (Å²) in [6.07, 6.45) is 0. The molecule has 1 fully saturated rings. The normalized spacial score (nSPS) is 19.1. The Kier molecular flexibility index (Phi) is 4.84. The van der Waals surface area contributed by atoms with E-state index in [4.69, 9.17) is 0 Å². The molecule has 0 spiro atoms. The number of aryl methyl sites for hydroxylation is 2. The summed E-state index contributed by atoms with van der Waals surface area (Å²) in [6, 6.07) is 6.93. The minimum Gasteiger partial charge on any atom is -0.396 e. The van der Waals surface area contributed by atoms with Gasteiger partial charge in [0, 0.05) is 44.2 Å². The molecule has 0 bridgehead atoms. The van der Waals surface area contributed by atoms with Gasteiger partial charge in [-0.05, 0) is 25.0 Å². The number of piperazine rings is 1. The highest BCUT2D eigenvalue weighted by atomic mass is 16.3. The zero-order valence-electron chi connectivity index (χ0n) is 13.2. The maximum Gasteiger partial charge on any atom is 0.0500 e. The molecule has 2 rings (SSSR count). The molecule has 1 aromatic carbocycles. The fourth-order valence-corrected chi connectivity index (χ4v) is 3.19. The molecule has 0 unspecified atom stereocenters. The molecule has 2 N–H and O–H groups in total. The molecule has 1 aromatic rings. The fraction of sp³-hybridized carbons (Fsp3) is 0.647. The molecule has 1 heterocycles. The Bertz CT molecular complexity index is 450. The standard InChI is InChI=1S/C17H28N2O/c1-13-5-6-14(2)15(11-13)16(17(3,4)12-20)19-9-7-18-8-10-19/h5-6,11,16,18,20H,7-10,12H2,1-4H3/t16-/m0/s1. The van der Waals surface area contributed by atoms with Crippen LogP contribution in [-0.2, 0) is 0 Å². The van der Waals surface area contributed by atoms with Gasteiger partial charge in [-0.1, -0.05) is 37.6 Å². The third kappa shape index (κ3) is 3.22. The van der Waals surface area contributed by atoms with Crippen LogP contribution in [0.25, 0.3) is 0 Å². The van der Waals surface area contributed by atoms with E-state index < -0.39 is 0 Å². The Balaban J connectivity index is 2.42. The lowest BCUT2D eigenvalue weighted by Crippen LogP contribution is -2.49. The Morgan fingerprint density at radius 3 is 2.50 bits per heavy atom. The van der Waals surface area contributed by atoms with Gasteiger partial charge >= 0.3 is 0 Å². The molecular formula is C17H28N2O. The van der Waals surface area contributed by atoms with E-state index in [2.05, 4.69) is 56.1 Å². The summed E-state index contributed by atoms with van der Waals surface area (Å²) < 4.78 is 0. The second-order valence-corrected chi connectivity index (χ2v) is 6.70. The van der Waals surface area contributed by atoms with Gasteiger partial charge in [0.1, 0.15) is 0 Å².